The highest BCUT2D eigenvalue weighted by atomic mass is 79.9. The van der Waals surface area contributed by atoms with Crippen LogP contribution in [0.5, 0.6) is 0 Å². The Balaban J connectivity index is 1.37. The molecule has 7 rings (SSSR count). The minimum absolute atomic E-state index is 0.595. The summed E-state index contributed by atoms with van der Waals surface area (Å²) in [6.07, 6.45) is 1.82. The second-order valence-corrected chi connectivity index (χ2v) is 11.1. The summed E-state index contributed by atoms with van der Waals surface area (Å²) >= 11 is 3.75. The lowest BCUT2D eigenvalue weighted by Gasteiger charge is -2.13. The molecule has 43 heavy (non-hydrogen) atoms. The normalized spacial score (nSPS) is 10.9. The molecule has 0 N–H and O–H groups in total. The second-order valence-electron chi connectivity index (χ2n) is 10.2. The Morgan fingerprint density at radius 3 is 1.98 bits per heavy atom. The van der Waals surface area contributed by atoms with Gasteiger partial charge in [0.25, 0.3) is 0 Å². The maximum atomic E-state index is 9.31. The third-order valence-corrected chi connectivity index (χ3v) is 7.89. The van der Waals surface area contributed by atoms with E-state index in [4.69, 9.17) is 9.97 Å². The highest BCUT2D eigenvalue weighted by molar-refractivity contribution is 9.10. The topological polar surface area (TPSA) is 62.5 Å². The third kappa shape index (κ3) is 5.44. The zero-order chi connectivity index (χ0) is 29.2. The quantitative estimate of drug-likeness (QED) is 0.193. The highest BCUT2D eigenvalue weighted by Crippen LogP contribution is 2.35. The molecule has 0 atom stereocenters. The molecule has 4 nitrogen and oxygen atoms in total. The van der Waals surface area contributed by atoms with E-state index in [1.807, 2.05) is 60.8 Å². The lowest BCUT2D eigenvalue weighted by molar-refractivity contribution is 1.18. The molecule has 202 valence electrons. The Morgan fingerprint density at radius 2 is 1.21 bits per heavy atom. The molecule has 0 aliphatic heterocycles. The fourth-order valence-electron chi connectivity index (χ4n) is 5.28. The Morgan fingerprint density at radius 1 is 0.535 bits per heavy atom. The maximum absolute atomic E-state index is 9.31. The molecule has 5 heteroatoms. The fraction of sp³-hybridized carbons (Fsp3) is 0. The molecule has 0 aliphatic rings. The van der Waals surface area contributed by atoms with Crippen LogP contribution in [0.25, 0.3) is 67.1 Å². The number of rotatable bonds is 5. The lowest BCUT2D eigenvalue weighted by atomic mass is 9.97. The summed E-state index contributed by atoms with van der Waals surface area (Å²) in [4.78, 5) is 14.6. The van der Waals surface area contributed by atoms with Gasteiger partial charge in [-0.15, -0.1) is 0 Å². The summed E-state index contributed by atoms with van der Waals surface area (Å²) in [6.45, 7) is 0. The number of hydrogen-bond acceptors (Lipinski definition) is 4. The first kappa shape index (κ1) is 26.5. The van der Waals surface area contributed by atoms with Crippen LogP contribution in [-0.4, -0.2) is 15.0 Å². The predicted molar refractivity (Wildman–Crippen MR) is 177 cm³/mol. The van der Waals surface area contributed by atoms with Crippen LogP contribution in [0.4, 0.5) is 0 Å². The van der Waals surface area contributed by atoms with Gasteiger partial charge in [-0.2, -0.15) is 5.26 Å². The average Bonchev–Trinajstić information content (AvgIpc) is 3.08. The molecular weight excluding hydrogens is 592 g/mol. The van der Waals surface area contributed by atoms with Crippen LogP contribution in [0.15, 0.2) is 144 Å². The van der Waals surface area contributed by atoms with Crippen molar-refractivity contribution in [3.8, 4) is 62.2 Å². The maximum Gasteiger partial charge on any atom is 0.160 e. The van der Waals surface area contributed by atoms with Gasteiger partial charge in [-0.1, -0.05) is 88.7 Å². The molecular formula is C38H23BrN4. The van der Waals surface area contributed by atoms with Crippen LogP contribution in [0.2, 0.25) is 0 Å². The van der Waals surface area contributed by atoms with Gasteiger partial charge < -0.3 is 0 Å². The molecule has 0 unspecified atom stereocenters. The molecule has 0 saturated heterocycles. The number of fused-ring (bicyclic) bond motifs is 1. The number of hydrogen-bond donors (Lipinski definition) is 0. The van der Waals surface area contributed by atoms with Gasteiger partial charge in [-0.3, -0.25) is 4.98 Å². The average molecular weight is 616 g/mol. The largest absolute Gasteiger partial charge is 0.256 e. The van der Waals surface area contributed by atoms with Crippen molar-refractivity contribution >= 4 is 26.8 Å². The van der Waals surface area contributed by atoms with Crippen LogP contribution in [0.3, 0.4) is 0 Å². The minimum atomic E-state index is 0.595. The summed E-state index contributed by atoms with van der Waals surface area (Å²) in [5.74, 6) is 0.597. The molecule has 0 spiro atoms. The predicted octanol–water partition coefficient (Wildman–Crippen LogP) is 9.99. The van der Waals surface area contributed by atoms with Gasteiger partial charge >= 0.3 is 0 Å². The van der Waals surface area contributed by atoms with E-state index >= 15 is 0 Å². The van der Waals surface area contributed by atoms with Crippen molar-refractivity contribution in [2.24, 2.45) is 0 Å². The first-order valence-electron chi connectivity index (χ1n) is 13.9. The van der Waals surface area contributed by atoms with Gasteiger partial charge in [0.05, 0.1) is 28.5 Å². The van der Waals surface area contributed by atoms with E-state index in [1.54, 1.807) is 12.1 Å². The van der Waals surface area contributed by atoms with E-state index < -0.39 is 0 Å². The Hall–Kier alpha value is -5.44. The van der Waals surface area contributed by atoms with Crippen LogP contribution in [0.1, 0.15) is 5.56 Å². The van der Waals surface area contributed by atoms with E-state index in [2.05, 4.69) is 93.7 Å². The second kappa shape index (κ2) is 11.4. The van der Waals surface area contributed by atoms with Crippen LogP contribution >= 0.6 is 15.9 Å². The Labute approximate surface area is 258 Å². The number of nitrogens with zero attached hydrogens (tertiary/aromatic N) is 4. The molecule has 0 aliphatic carbocycles. The summed E-state index contributed by atoms with van der Waals surface area (Å²) < 4.78 is 0.952. The molecule has 2 heterocycles. The number of halogens is 1. The number of aromatic nitrogens is 3. The summed E-state index contributed by atoms with van der Waals surface area (Å²) in [5, 5.41) is 10.4. The monoisotopic (exact) mass is 614 g/mol. The molecule has 7 aromatic rings. The smallest absolute Gasteiger partial charge is 0.160 e. The minimum Gasteiger partial charge on any atom is -0.256 e. The molecule has 5 aromatic carbocycles. The third-order valence-electron chi connectivity index (χ3n) is 7.44. The van der Waals surface area contributed by atoms with Crippen molar-refractivity contribution in [2.45, 2.75) is 0 Å². The summed E-state index contributed by atoms with van der Waals surface area (Å²) in [5.41, 5.74) is 10.5. The van der Waals surface area contributed by atoms with Crippen LogP contribution < -0.4 is 0 Å². The highest BCUT2D eigenvalue weighted by Gasteiger charge is 2.14. The Kier molecular flexibility index (Phi) is 7.04. The van der Waals surface area contributed by atoms with Gasteiger partial charge in [-0.25, -0.2) is 9.97 Å². The van der Waals surface area contributed by atoms with Gasteiger partial charge in [-0.05, 0) is 82.9 Å². The van der Waals surface area contributed by atoms with Gasteiger partial charge in [0.2, 0.25) is 0 Å². The van der Waals surface area contributed by atoms with E-state index in [0.29, 0.717) is 11.4 Å². The molecule has 0 saturated carbocycles. The molecule has 0 bridgehead atoms. The van der Waals surface area contributed by atoms with E-state index in [-0.39, 0.29) is 0 Å². The van der Waals surface area contributed by atoms with Gasteiger partial charge in [0.15, 0.2) is 5.82 Å². The molecule has 0 radical (unpaired) electrons. The van der Waals surface area contributed by atoms with Gasteiger partial charge in [0.1, 0.15) is 0 Å². The van der Waals surface area contributed by atoms with Crippen molar-refractivity contribution in [2.75, 3.05) is 0 Å². The van der Waals surface area contributed by atoms with Crippen molar-refractivity contribution in [3.63, 3.8) is 0 Å². The fourth-order valence-corrected chi connectivity index (χ4v) is 5.77. The summed E-state index contributed by atoms with van der Waals surface area (Å²) in [6, 6.07) is 47.0. The molecule has 2 aromatic heterocycles. The first-order chi connectivity index (χ1) is 21.1. The zero-order valence-electron chi connectivity index (χ0n) is 22.9. The first-order valence-corrected chi connectivity index (χ1v) is 14.6. The van der Waals surface area contributed by atoms with Gasteiger partial charge in [0, 0.05) is 32.7 Å². The van der Waals surface area contributed by atoms with Crippen molar-refractivity contribution < 1.29 is 0 Å². The zero-order valence-corrected chi connectivity index (χ0v) is 24.5. The molecule has 0 amide bonds. The number of nitriles is 1. The van der Waals surface area contributed by atoms with E-state index in [9.17, 15) is 5.26 Å². The number of benzene rings is 5. The van der Waals surface area contributed by atoms with E-state index in [1.165, 1.54) is 5.56 Å². The number of pyridine rings is 1. The van der Waals surface area contributed by atoms with Crippen LogP contribution in [-0.2, 0) is 0 Å². The lowest BCUT2D eigenvalue weighted by Crippen LogP contribution is -1.96. The van der Waals surface area contributed by atoms with Crippen molar-refractivity contribution in [3.05, 3.63) is 150 Å². The van der Waals surface area contributed by atoms with Crippen molar-refractivity contribution in [1.29, 1.82) is 5.26 Å². The standard InChI is InChI=1S/C38H23BrN4/c39-32-21-30(33-8-4-10-35-34(33)9-5-19-41-35)20-31(22-32)37-23-36(42-38(43-37)29-13-11-25(24-40)12-14-29)28-17-15-27(16-18-28)26-6-2-1-3-7-26/h1-23H. The SMILES string of the molecule is N#Cc1ccc(-c2nc(-c3ccc(-c4ccccc4)cc3)cc(-c3cc(Br)cc(-c4cccc5ncccc45)c3)n2)cc1. The summed E-state index contributed by atoms with van der Waals surface area (Å²) in [7, 11) is 0. The van der Waals surface area contributed by atoms with Crippen molar-refractivity contribution in [1.82, 2.24) is 15.0 Å². The molecule has 0 fully saturated rings. The van der Waals surface area contributed by atoms with Crippen LogP contribution in [0, 0.1) is 11.3 Å². The Bertz CT molecular complexity index is 2130. The van der Waals surface area contributed by atoms with E-state index in [0.717, 1.165) is 60.1 Å².